The second-order valence-electron chi connectivity index (χ2n) is 7.45. The van der Waals surface area contributed by atoms with Crippen molar-refractivity contribution in [3.05, 3.63) is 29.8 Å². The quantitative estimate of drug-likeness (QED) is 0.803. The summed E-state index contributed by atoms with van der Waals surface area (Å²) in [5.41, 5.74) is 1.69. The summed E-state index contributed by atoms with van der Waals surface area (Å²) in [6, 6.07) is 6.90. The standard InChI is InChI=1S/C21H31N3O3/c1-5-19(25)23-17-11-9-16(10-12-17)15(4)22-20(26)18-8-6-7-13-24(18)21(27)14(2)3/h9-12,14-15,18H,5-8,13H2,1-4H3,(H,22,26)(H,23,25)/t15-,18+/m0/s1. The number of carbonyl (C=O) groups excluding carboxylic acids is 3. The number of rotatable bonds is 6. The van der Waals surface area contributed by atoms with Crippen molar-refractivity contribution in [2.24, 2.45) is 5.92 Å². The van der Waals surface area contributed by atoms with Crippen LogP contribution in [0.5, 0.6) is 0 Å². The lowest BCUT2D eigenvalue weighted by atomic mass is 9.98. The van der Waals surface area contributed by atoms with Gasteiger partial charge < -0.3 is 15.5 Å². The van der Waals surface area contributed by atoms with E-state index in [0.717, 1.165) is 24.1 Å². The second kappa shape index (κ2) is 9.53. The van der Waals surface area contributed by atoms with Gasteiger partial charge in [0.1, 0.15) is 6.04 Å². The number of nitrogens with zero attached hydrogens (tertiary/aromatic N) is 1. The molecule has 0 spiro atoms. The summed E-state index contributed by atoms with van der Waals surface area (Å²) in [7, 11) is 0. The molecule has 6 heteroatoms. The third kappa shape index (κ3) is 5.55. The Bertz CT molecular complexity index is 670. The Kier molecular flexibility index (Phi) is 7.39. The molecule has 0 aliphatic carbocycles. The smallest absolute Gasteiger partial charge is 0.243 e. The average molecular weight is 373 g/mol. The molecule has 148 valence electrons. The van der Waals surface area contributed by atoms with Gasteiger partial charge in [-0.15, -0.1) is 0 Å². The van der Waals surface area contributed by atoms with Crippen LogP contribution in [0.15, 0.2) is 24.3 Å². The molecule has 0 unspecified atom stereocenters. The molecule has 6 nitrogen and oxygen atoms in total. The van der Waals surface area contributed by atoms with Gasteiger partial charge in [0.2, 0.25) is 17.7 Å². The molecule has 1 saturated heterocycles. The number of benzene rings is 1. The van der Waals surface area contributed by atoms with Gasteiger partial charge in [-0.05, 0) is 43.9 Å². The molecule has 2 N–H and O–H groups in total. The molecular formula is C21H31N3O3. The first-order valence-electron chi connectivity index (χ1n) is 9.84. The van der Waals surface area contributed by atoms with E-state index in [4.69, 9.17) is 0 Å². The fourth-order valence-corrected chi connectivity index (χ4v) is 3.30. The van der Waals surface area contributed by atoms with Crippen molar-refractivity contribution in [1.82, 2.24) is 10.2 Å². The van der Waals surface area contributed by atoms with E-state index in [1.54, 1.807) is 11.8 Å². The Morgan fingerprint density at radius 2 is 1.78 bits per heavy atom. The van der Waals surface area contributed by atoms with Gasteiger partial charge in [0.25, 0.3) is 0 Å². The van der Waals surface area contributed by atoms with Gasteiger partial charge in [0, 0.05) is 24.6 Å². The van der Waals surface area contributed by atoms with Gasteiger partial charge in [-0.25, -0.2) is 0 Å². The zero-order valence-electron chi connectivity index (χ0n) is 16.7. The molecule has 0 bridgehead atoms. The van der Waals surface area contributed by atoms with E-state index in [1.807, 2.05) is 45.0 Å². The summed E-state index contributed by atoms with van der Waals surface area (Å²) in [6.45, 7) is 8.12. The molecule has 1 aromatic rings. The van der Waals surface area contributed by atoms with Crippen LogP contribution in [0, 0.1) is 5.92 Å². The highest BCUT2D eigenvalue weighted by atomic mass is 16.2. The first-order valence-corrected chi connectivity index (χ1v) is 9.84. The number of carbonyl (C=O) groups is 3. The fraction of sp³-hybridized carbons (Fsp3) is 0.571. The summed E-state index contributed by atoms with van der Waals surface area (Å²) in [4.78, 5) is 38.4. The lowest BCUT2D eigenvalue weighted by Crippen LogP contribution is -2.53. The fourth-order valence-electron chi connectivity index (χ4n) is 3.30. The monoisotopic (exact) mass is 373 g/mol. The number of nitrogens with one attached hydrogen (secondary N) is 2. The SMILES string of the molecule is CCC(=O)Nc1ccc([C@H](C)NC(=O)[C@H]2CCCCN2C(=O)C(C)C)cc1. The van der Waals surface area contributed by atoms with Gasteiger partial charge in [0.15, 0.2) is 0 Å². The number of hydrogen-bond donors (Lipinski definition) is 2. The summed E-state index contributed by atoms with van der Waals surface area (Å²) in [6.07, 6.45) is 3.04. The minimum atomic E-state index is -0.390. The van der Waals surface area contributed by atoms with E-state index in [9.17, 15) is 14.4 Å². The van der Waals surface area contributed by atoms with Crippen molar-refractivity contribution < 1.29 is 14.4 Å². The van der Waals surface area contributed by atoms with Gasteiger partial charge in [-0.3, -0.25) is 14.4 Å². The Hall–Kier alpha value is -2.37. The first kappa shape index (κ1) is 20.9. The van der Waals surface area contributed by atoms with Crippen molar-refractivity contribution in [1.29, 1.82) is 0 Å². The Morgan fingerprint density at radius 3 is 2.37 bits per heavy atom. The van der Waals surface area contributed by atoms with E-state index in [0.29, 0.717) is 19.4 Å². The summed E-state index contributed by atoms with van der Waals surface area (Å²) in [5.74, 6) is -0.198. The van der Waals surface area contributed by atoms with E-state index in [2.05, 4.69) is 10.6 Å². The molecule has 1 aromatic carbocycles. The van der Waals surface area contributed by atoms with Crippen molar-refractivity contribution in [3.8, 4) is 0 Å². The Morgan fingerprint density at radius 1 is 1.11 bits per heavy atom. The maximum Gasteiger partial charge on any atom is 0.243 e. The van der Waals surface area contributed by atoms with E-state index >= 15 is 0 Å². The highest BCUT2D eigenvalue weighted by molar-refractivity contribution is 5.90. The van der Waals surface area contributed by atoms with Gasteiger partial charge in [0.05, 0.1) is 6.04 Å². The molecule has 3 amide bonds. The number of piperidine rings is 1. The van der Waals surface area contributed by atoms with Crippen LogP contribution in [0.25, 0.3) is 0 Å². The Balaban J connectivity index is 2.01. The maximum atomic E-state index is 12.8. The highest BCUT2D eigenvalue weighted by Gasteiger charge is 2.33. The topological polar surface area (TPSA) is 78.5 Å². The van der Waals surface area contributed by atoms with Crippen LogP contribution in [0.3, 0.4) is 0 Å². The molecule has 0 aromatic heterocycles. The van der Waals surface area contributed by atoms with Crippen LogP contribution in [0.2, 0.25) is 0 Å². The molecule has 2 rings (SSSR count). The largest absolute Gasteiger partial charge is 0.348 e. The number of likely N-dealkylation sites (tertiary alicyclic amines) is 1. The zero-order chi connectivity index (χ0) is 20.0. The lowest BCUT2D eigenvalue weighted by Gasteiger charge is -2.36. The van der Waals surface area contributed by atoms with Crippen molar-refractivity contribution in [2.45, 2.75) is 65.5 Å². The minimum absolute atomic E-state index is 0.0312. The van der Waals surface area contributed by atoms with Crippen LogP contribution < -0.4 is 10.6 Å². The van der Waals surface area contributed by atoms with Crippen LogP contribution >= 0.6 is 0 Å². The molecule has 1 aliphatic heterocycles. The van der Waals surface area contributed by atoms with Crippen LogP contribution in [-0.2, 0) is 14.4 Å². The van der Waals surface area contributed by atoms with Gasteiger partial charge >= 0.3 is 0 Å². The normalized spacial score (nSPS) is 18.1. The Labute approximate surface area is 161 Å². The minimum Gasteiger partial charge on any atom is -0.348 e. The third-order valence-electron chi connectivity index (χ3n) is 4.96. The van der Waals surface area contributed by atoms with Crippen LogP contribution in [0.1, 0.15) is 65.0 Å². The second-order valence-corrected chi connectivity index (χ2v) is 7.45. The zero-order valence-corrected chi connectivity index (χ0v) is 16.7. The van der Waals surface area contributed by atoms with E-state index in [1.165, 1.54) is 0 Å². The molecule has 0 saturated carbocycles. The molecule has 2 atom stereocenters. The average Bonchev–Trinajstić information content (AvgIpc) is 2.67. The molecule has 1 aliphatic rings. The number of anilines is 1. The molecule has 1 fully saturated rings. The van der Waals surface area contributed by atoms with Crippen molar-refractivity contribution in [3.63, 3.8) is 0 Å². The molecule has 27 heavy (non-hydrogen) atoms. The number of amides is 3. The summed E-state index contributed by atoms with van der Waals surface area (Å²) >= 11 is 0. The highest BCUT2D eigenvalue weighted by Crippen LogP contribution is 2.22. The van der Waals surface area contributed by atoms with E-state index in [-0.39, 0.29) is 35.7 Å². The maximum absolute atomic E-state index is 12.8. The van der Waals surface area contributed by atoms with Crippen molar-refractivity contribution in [2.75, 3.05) is 11.9 Å². The van der Waals surface area contributed by atoms with Gasteiger partial charge in [-0.1, -0.05) is 32.9 Å². The lowest BCUT2D eigenvalue weighted by molar-refractivity contribution is -0.144. The van der Waals surface area contributed by atoms with E-state index < -0.39 is 0 Å². The molecular weight excluding hydrogens is 342 g/mol. The summed E-state index contributed by atoms with van der Waals surface area (Å²) < 4.78 is 0. The predicted molar refractivity (Wildman–Crippen MR) is 106 cm³/mol. The molecule has 0 radical (unpaired) electrons. The van der Waals surface area contributed by atoms with Gasteiger partial charge in [-0.2, -0.15) is 0 Å². The number of hydrogen-bond acceptors (Lipinski definition) is 3. The first-order chi connectivity index (χ1) is 12.8. The van der Waals surface area contributed by atoms with Crippen LogP contribution in [0.4, 0.5) is 5.69 Å². The predicted octanol–water partition coefficient (Wildman–Crippen LogP) is 3.25. The van der Waals surface area contributed by atoms with Crippen LogP contribution in [-0.4, -0.2) is 35.2 Å². The van der Waals surface area contributed by atoms with Crippen molar-refractivity contribution >= 4 is 23.4 Å². The third-order valence-corrected chi connectivity index (χ3v) is 4.96. The molecule has 1 heterocycles. The summed E-state index contributed by atoms with van der Waals surface area (Å²) in [5, 5.41) is 5.85.